The molecule has 5 nitrogen and oxygen atoms in total. The van der Waals surface area contributed by atoms with Crippen molar-refractivity contribution in [2.75, 3.05) is 18.5 Å². The second kappa shape index (κ2) is 8.18. The molecule has 8 heteroatoms. The lowest BCUT2D eigenvalue weighted by atomic mass is 10.2. The van der Waals surface area contributed by atoms with Crippen molar-refractivity contribution in [2.24, 2.45) is 0 Å². The number of carbonyl (C=O) groups excluding carboxylic acids is 2. The highest BCUT2D eigenvalue weighted by Crippen LogP contribution is 2.31. The van der Waals surface area contributed by atoms with Crippen LogP contribution in [-0.2, 0) is 20.5 Å². The molecule has 0 saturated heterocycles. The first kappa shape index (κ1) is 18.3. The standard InChI is InChI=1S/C17H14F3NO4/c18-17(19,20)12-5-4-8-14(9-12)24-11-16(23)25-10-15(22)21-13-6-2-1-3-7-13/h1-9H,10-11H2,(H,21,22). The van der Waals surface area contributed by atoms with E-state index in [0.29, 0.717) is 5.69 Å². The molecule has 1 N–H and O–H groups in total. The molecule has 0 atom stereocenters. The van der Waals surface area contributed by atoms with Crippen molar-refractivity contribution < 1.29 is 32.2 Å². The average molecular weight is 353 g/mol. The maximum Gasteiger partial charge on any atom is 0.416 e. The molecule has 2 aromatic rings. The Bertz CT molecular complexity index is 732. The van der Waals surface area contributed by atoms with Crippen molar-refractivity contribution in [3.05, 3.63) is 60.2 Å². The SMILES string of the molecule is O=C(COC(=O)COc1cccc(C(F)(F)F)c1)Nc1ccccc1. The number of hydrogen-bond donors (Lipinski definition) is 1. The summed E-state index contributed by atoms with van der Waals surface area (Å²) in [6, 6.07) is 12.7. The number of benzene rings is 2. The third-order valence-corrected chi connectivity index (χ3v) is 2.94. The number of nitrogens with one attached hydrogen (secondary N) is 1. The van der Waals surface area contributed by atoms with Gasteiger partial charge in [-0.25, -0.2) is 4.79 Å². The zero-order chi connectivity index (χ0) is 18.3. The topological polar surface area (TPSA) is 64.6 Å². The second-order valence-electron chi connectivity index (χ2n) is 4.89. The molecule has 0 bridgehead atoms. The maximum absolute atomic E-state index is 12.6. The minimum Gasteiger partial charge on any atom is -0.482 e. The van der Waals surface area contributed by atoms with Crippen LogP contribution in [0.15, 0.2) is 54.6 Å². The molecular formula is C17H14F3NO4. The molecule has 25 heavy (non-hydrogen) atoms. The fraction of sp³-hybridized carbons (Fsp3) is 0.176. The Morgan fingerprint density at radius 2 is 1.68 bits per heavy atom. The molecular weight excluding hydrogens is 339 g/mol. The maximum atomic E-state index is 12.6. The van der Waals surface area contributed by atoms with Gasteiger partial charge in [0, 0.05) is 5.69 Å². The molecule has 0 heterocycles. The summed E-state index contributed by atoms with van der Waals surface area (Å²) in [5.74, 6) is -1.54. The molecule has 2 rings (SSSR count). The number of alkyl halides is 3. The summed E-state index contributed by atoms with van der Waals surface area (Å²) in [6.45, 7) is -1.14. The highest BCUT2D eigenvalue weighted by atomic mass is 19.4. The van der Waals surface area contributed by atoms with Crippen LogP contribution in [0.1, 0.15) is 5.56 Å². The second-order valence-corrected chi connectivity index (χ2v) is 4.89. The van der Waals surface area contributed by atoms with Crippen LogP contribution in [0.5, 0.6) is 5.75 Å². The van der Waals surface area contributed by atoms with Crippen molar-refractivity contribution in [1.82, 2.24) is 0 Å². The Kier molecular flexibility index (Phi) is 5.99. The Labute approximate surface area is 141 Å². The van der Waals surface area contributed by atoms with Crippen molar-refractivity contribution in [1.29, 1.82) is 0 Å². The van der Waals surface area contributed by atoms with Crippen LogP contribution in [0, 0.1) is 0 Å². The molecule has 0 aliphatic heterocycles. The van der Waals surface area contributed by atoms with E-state index in [2.05, 4.69) is 5.32 Å². The van der Waals surface area contributed by atoms with Gasteiger partial charge >= 0.3 is 12.1 Å². The van der Waals surface area contributed by atoms with E-state index in [1.807, 2.05) is 0 Å². The zero-order valence-corrected chi connectivity index (χ0v) is 12.9. The van der Waals surface area contributed by atoms with Gasteiger partial charge in [-0.1, -0.05) is 24.3 Å². The lowest BCUT2D eigenvalue weighted by Crippen LogP contribution is -2.23. The Balaban J connectivity index is 1.76. The first-order chi connectivity index (χ1) is 11.8. The summed E-state index contributed by atoms with van der Waals surface area (Å²) < 4.78 is 47.3. The predicted octanol–water partition coefficient (Wildman–Crippen LogP) is 3.27. The third kappa shape index (κ3) is 6.17. The molecule has 0 spiro atoms. The van der Waals surface area contributed by atoms with Gasteiger partial charge in [0.2, 0.25) is 0 Å². The smallest absolute Gasteiger partial charge is 0.416 e. The highest BCUT2D eigenvalue weighted by molar-refractivity contribution is 5.92. The number of rotatable bonds is 6. The van der Waals surface area contributed by atoms with Crippen molar-refractivity contribution in [3.8, 4) is 5.75 Å². The van der Waals surface area contributed by atoms with Crippen LogP contribution in [0.4, 0.5) is 18.9 Å². The Hall–Kier alpha value is -3.03. The van der Waals surface area contributed by atoms with Gasteiger partial charge in [-0.15, -0.1) is 0 Å². The molecule has 0 fully saturated rings. The molecule has 2 aromatic carbocycles. The van der Waals surface area contributed by atoms with Gasteiger partial charge in [0.1, 0.15) is 5.75 Å². The molecule has 0 radical (unpaired) electrons. The molecule has 0 aliphatic carbocycles. The van der Waals surface area contributed by atoms with Gasteiger partial charge in [0.25, 0.3) is 5.91 Å². The summed E-state index contributed by atoms with van der Waals surface area (Å²) in [6.07, 6.45) is -4.50. The van der Waals surface area contributed by atoms with E-state index in [0.717, 1.165) is 18.2 Å². The highest BCUT2D eigenvalue weighted by Gasteiger charge is 2.30. The largest absolute Gasteiger partial charge is 0.482 e. The number of para-hydroxylation sites is 1. The molecule has 132 valence electrons. The number of esters is 1. The quantitative estimate of drug-likeness (QED) is 0.810. The van der Waals surface area contributed by atoms with Crippen LogP contribution in [0.3, 0.4) is 0 Å². The average Bonchev–Trinajstić information content (AvgIpc) is 2.58. The van der Waals surface area contributed by atoms with E-state index >= 15 is 0 Å². The number of halogens is 3. The van der Waals surface area contributed by atoms with Crippen LogP contribution < -0.4 is 10.1 Å². The van der Waals surface area contributed by atoms with Gasteiger partial charge in [-0.2, -0.15) is 13.2 Å². The summed E-state index contributed by atoms with van der Waals surface area (Å²) in [7, 11) is 0. The minimum absolute atomic E-state index is 0.125. The zero-order valence-electron chi connectivity index (χ0n) is 12.9. The molecule has 1 amide bonds. The fourth-order valence-electron chi connectivity index (χ4n) is 1.81. The molecule has 0 aliphatic rings. The normalized spacial score (nSPS) is 10.8. The first-order valence-electron chi connectivity index (χ1n) is 7.15. The van der Waals surface area contributed by atoms with E-state index in [9.17, 15) is 22.8 Å². The Morgan fingerprint density at radius 1 is 0.960 bits per heavy atom. The van der Waals surface area contributed by atoms with Crippen LogP contribution >= 0.6 is 0 Å². The van der Waals surface area contributed by atoms with E-state index < -0.39 is 36.8 Å². The Morgan fingerprint density at radius 3 is 2.36 bits per heavy atom. The van der Waals surface area contributed by atoms with Crippen molar-refractivity contribution >= 4 is 17.6 Å². The molecule has 0 unspecified atom stereocenters. The fourth-order valence-corrected chi connectivity index (χ4v) is 1.81. The summed E-state index contributed by atoms with van der Waals surface area (Å²) >= 11 is 0. The number of anilines is 1. The van der Waals surface area contributed by atoms with Crippen molar-refractivity contribution in [3.63, 3.8) is 0 Å². The number of hydrogen-bond acceptors (Lipinski definition) is 4. The van der Waals surface area contributed by atoms with E-state index in [-0.39, 0.29) is 5.75 Å². The minimum atomic E-state index is -4.50. The van der Waals surface area contributed by atoms with Gasteiger partial charge < -0.3 is 14.8 Å². The predicted molar refractivity (Wildman–Crippen MR) is 83.0 cm³/mol. The summed E-state index contributed by atoms with van der Waals surface area (Å²) in [5.41, 5.74) is -0.343. The number of ether oxygens (including phenoxy) is 2. The van der Waals surface area contributed by atoms with Crippen LogP contribution in [0.25, 0.3) is 0 Å². The van der Waals surface area contributed by atoms with Crippen molar-refractivity contribution in [2.45, 2.75) is 6.18 Å². The third-order valence-electron chi connectivity index (χ3n) is 2.94. The van der Waals surface area contributed by atoms with Gasteiger partial charge in [-0.3, -0.25) is 4.79 Å². The van der Waals surface area contributed by atoms with Crippen LogP contribution in [0.2, 0.25) is 0 Å². The van der Waals surface area contributed by atoms with Gasteiger partial charge in [0.15, 0.2) is 13.2 Å². The first-order valence-corrected chi connectivity index (χ1v) is 7.15. The van der Waals surface area contributed by atoms with E-state index in [1.54, 1.807) is 30.3 Å². The molecule has 0 aromatic heterocycles. The van der Waals surface area contributed by atoms with E-state index in [1.165, 1.54) is 6.07 Å². The van der Waals surface area contributed by atoms with Crippen LogP contribution in [-0.4, -0.2) is 25.1 Å². The number of amides is 1. The van der Waals surface area contributed by atoms with Gasteiger partial charge in [-0.05, 0) is 30.3 Å². The summed E-state index contributed by atoms with van der Waals surface area (Å²) in [5, 5.41) is 2.51. The van der Waals surface area contributed by atoms with E-state index in [4.69, 9.17) is 9.47 Å². The summed E-state index contributed by atoms with van der Waals surface area (Å²) in [4.78, 5) is 23.1. The van der Waals surface area contributed by atoms with Gasteiger partial charge in [0.05, 0.1) is 5.56 Å². The monoisotopic (exact) mass is 353 g/mol. The lowest BCUT2D eigenvalue weighted by Gasteiger charge is -2.10. The molecule has 0 saturated carbocycles. The number of carbonyl (C=O) groups is 2. The lowest BCUT2D eigenvalue weighted by molar-refractivity contribution is -0.149.